The standard InChI is InChI=1S/C21H25N3O5S/c1-24(16-7-3-2-4-8-16)30(28,29)17-13-11-15(12-14-17)20(26)22-23-21(27)18-9-5-6-10-19(18)25/h5-6,9-14,16,25H,2-4,7-8H2,1H3,(H,22,26)(H,23,27). The lowest BCUT2D eigenvalue weighted by molar-refractivity contribution is 0.0845. The molecule has 8 nitrogen and oxygen atoms in total. The average molecular weight is 432 g/mol. The summed E-state index contributed by atoms with van der Waals surface area (Å²) in [5.74, 6) is -1.49. The van der Waals surface area contributed by atoms with Crippen LogP contribution in [-0.2, 0) is 10.0 Å². The van der Waals surface area contributed by atoms with Crippen molar-refractivity contribution >= 4 is 21.8 Å². The Morgan fingerprint density at radius 2 is 1.53 bits per heavy atom. The molecule has 9 heteroatoms. The highest BCUT2D eigenvalue weighted by atomic mass is 32.2. The molecule has 0 radical (unpaired) electrons. The smallest absolute Gasteiger partial charge is 0.273 e. The van der Waals surface area contributed by atoms with Gasteiger partial charge >= 0.3 is 0 Å². The van der Waals surface area contributed by atoms with E-state index in [1.54, 1.807) is 19.2 Å². The molecule has 30 heavy (non-hydrogen) atoms. The van der Waals surface area contributed by atoms with E-state index in [1.807, 2.05) is 0 Å². The van der Waals surface area contributed by atoms with Crippen LogP contribution in [0.3, 0.4) is 0 Å². The van der Waals surface area contributed by atoms with Crippen molar-refractivity contribution in [1.29, 1.82) is 0 Å². The van der Waals surface area contributed by atoms with Crippen LogP contribution < -0.4 is 10.9 Å². The number of benzene rings is 2. The molecule has 1 aliphatic carbocycles. The van der Waals surface area contributed by atoms with E-state index in [0.717, 1.165) is 32.1 Å². The number of phenols is 1. The van der Waals surface area contributed by atoms with Gasteiger partial charge in [-0.3, -0.25) is 20.4 Å². The van der Waals surface area contributed by atoms with Gasteiger partial charge in [0.2, 0.25) is 10.0 Å². The molecule has 0 aliphatic heterocycles. The number of hydrogen-bond acceptors (Lipinski definition) is 5. The predicted octanol–water partition coefficient (Wildman–Crippen LogP) is 2.42. The Morgan fingerprint density at radius 1 is 0.933 bits per heavy atom. The molecule has 1 saturated carbocycles. The van der Waals surface area contributed by atoms with Crippen molar-refractivity contribution in [1.82, 2.24) is 15.2 Å². The normalized spacial score (nSPS) is 15.0. The highest BCUT2D eigenvalue weighted by molar-refractivity contribution is 7.89. The van der Waals surface area contributed by atoms with Crippen molar-refractivity contribution in [3.8, 4) is 5.75 Å². The minimum atomic E-state index is -3.64. The molecule has 0 aromatic heterocycles. The highest BCUT2D eigenvalue weighted by Gasteiger charge is 2.29. The molecule has 0 saturated heterocycles. The monoisotopic (exact) mass is 431 g/mol. The zero-order chi connectivity index (χ0) is 21.7. The van der Waals surface area contributed by atoms with E-state index in [1.165, 1.54) is 40.7 Å². The lowest BCUT2D eigenvalue weighted by Gasteiger charge is -2.30. The van der Waals surface area contributed by atoms with Gasteiger partial charge in [-0.15, -0.1) is 0 Å². The van der Waals surface area contributed by atoms with Crippen molar-refractivity contribution in [2.75, 3.05) is 7.05 Å². The summed E-state index contributed by atoms with van der Waals surface area (Å²) in [5.41, 5.74) is 4.67. The van der Waals surface area contributed by atoms with Crippen molar-refractivity contribution in [3.63, 3.8) is 0 Å². The Kier molecular flexibility index (Phi) is 6.73. The maximum absolute atomic E-state index is 12.9. The number of phenolic OH excluding ortho intramolecular Hbond substituents is 1. The third-order valence-corrected chi connectivity index (χ3v) is 7.24. The average Bonchev–Trinajstić information content (AvgIpc) is 2.77. The Morgan fingerprint density at radius 3 is 2.17 bits per heavy atom. The Balaban J connectivity index is 1.64. The third kappa shape index (κ3) is 4.80. The van der Waals surface area contributed by atoms with Crippen LogP contribution >= 0.6 is 0 Å². The summed E-state index contributed by atoms with van der Waals surface area (Å²) in [6, 6.07) is 11.5. The third-order valence-electron chi connectivity index (χ3n) is 5.32. The molecule has 1 aliphatic rings. The number of hydrazine groups is 1. The molecule has 0 atom stereocenters. The molecule has 2 aromatic rings. The first-order valence-electron chi connectivity index (χ1n) is 9.77. The van der Waals surface area contributed by atoms with Gasteiger partial charge in [-0.1, -0.05) is 31.4 Å². The number of nitrogens with zero attached hydrogens (tertiary/aromatic N) is 1. The summed E-state index contributed by atoms with van der Waals surface area (Å²) >= 11 is 0. The quantitative estimate of drug-likeness (QED) is 0.629. The molecule has 0 bridgehead atoms. The van der Waals surface area contributed by atoms with Crippen molar-refractivity contribution in [2.45, 2.75) is 43.0 Å². The summed E-state index contributed by atoms with van der Waals surface area (Å²) in [5, 5.41) is 9.67. The van der Waals surface area contributed by atoms with Gasteiger partial charge in [0.25, 0.3) is 11.8 Å². The van der Waals surface area contributed by atoms with Gasteiger partial charge < -0.3 is 5.11 Å². The molecule has 2 amide bonds. The molecular formula is C21H25N3O5S. The fourth-order valence-electron chi connectivity index (χ4n) is 3.50. The Bertz CT molecular complexity index is 1020. The van der Waals surface area contributed by atoms with E-state index < -0.39 is 21.8 Å². The molecular weight excluding hydrogens is 406 g/mol. The van der Waals surface area contributed by atoms with E-state index in [-0.39, 0.29) is 27.8 Å². The second kappa shape index (κ2) is 9.27. The molecule has 3 rings (SSSR count). The lowest BCUT2D eigenvalue weighted by Crippen LogP contribution is -2.41. The van der Waals surface area contributed by atoms with E-state index in [2.05, 4.69) is 10.9 Å². The molecule has 160 valence electrons. The van der Waals surface area contributed by atoms with Gasteiger partial charge in [0.05, 0.1) is 10.5 Å². The number of hydrogen-bond donors (Lipinski definition) is 3. The zero-order valence-electron chi connectivity index (χ0n) is 16.7. The van der Waals surface area contributed by atoms with Crippen molar-refractivity contribution < 1.29 is 23.1 Å². The topological polar surface area (TPSA) is 116 Å². The van der Waals surface area contributed by atoms with Gasteiger partial charge in [0, 0.05) is 18.7 Å². The van der Waals surface area contributed by atoms with Crippen LogP contribution in [0.25, 0.3) is 0 Å². The maximum atomic E-state index is 12.9. The number of para-hydroxylation sites is 1. The van der Waals surface area contributed by atoms with Gasteiger partial charge in [-0.2, -0.15) is 4.31 Å². The summed E-state index contributed by atoms with van der Waals surface area (Å²) < 4.78 is 27.1. The molecule has 0 heterocycles. The van der Waals surface area contributed by atoms with Crippen LogP contribution in [0.5, 0.6) is 5.75 Å². The number of nitrogens with one attached hydrogen (secondary N) is 2. The summed E-state index contributed by atoms with van der Waals surface area (Å²) in [4.78, 5) is 24.4. The Labute approximate surface area is 175 Å². The van der Waals surface area contributed by atoms with Crippen LogP contribution in [-0.4, -0.2) is 42.7 Å². The van der Waals surface area contributed by atoms with E-state index in [0.29, 0.717) is 0 Å². The molecule has 2 aromatic carbocycles. The molecule has 0 spiro atoms. The van der Waals surface area contributed by atoms with E-state index in [4.69, 9.17) is 0 Å². The van der Waals surface area contributed by atoms with Crippen molar-refractivity contribution in [2.24, 2.45) is 0 Å². The second-order valence-electron chi connectivity index (χ2n) is 7.26. The van der Waals surface area contributed by atoms with Gasteiger partial charge in [0.15, 0.2) is 0 Å². The number of carbonyl (C=O) groups is 2. The van der Waals surface area contributed by atoms with Crippen LogP contribution in [0.1, 0.15) is 52.8 Å². The van der Waals surface area contributed by atoms with Gasteiger partial charge in [-0.05, 0) is 49.2 Å². The maximum Gasteiger partial charge on any atom is 0.273 e. The number of rotatable bonds is 5. The first-order valence-corrected chi connectivity index (χ1v) is 11.2. The van der Waals surface area contributed by atoms with E-state index in [9.17, 15) is 23.1 Å². The SMILES string of the molecule is CN(C1CCCCC1)S(=O)(=O)c1ccc(C(=O)NNC(=O)c2ccccc2O)cc1. The lowest BCUT2D eigenvalue weighted by atomic mass is 9.96. The fourth-order valence-corrected chi connectivity index (χ4v) is 4.92. The Hall–Kier alpha value is -2.91. The minimum Gasteiger partial charge on any atom is -0.507 e. The van der Waals surface area contributed by atoms with Crippen LogP contribution in [0.2, 0.25) is 0 Å². The minimum absolute atomic E-state index is 0.00339. The molecule has 1 fully saturated rings. The number of amides is 2. The van der Waals surface area contributed by atoms with Gasteiger partial charge in [0.1, 0.15) is 5.75 Å². The van der Waals surface area contributed by atoms with Crippen LogP contribution in [0.4, 0.5) is 0 Å². The molecule has 0 unspecified atom stereocenters. The zero-order valence-corrected chi connectivity index (χ0v) is 17.5. The fraction of sp³-hybridized carbons (Fsp3) is 0.333. The highest BCUT2D eigenvalue weighted by Crippen LogP contribution is 2.26. The van der Waals surface area contributed by atoms with E-state index >= 15 is 0 Å². The summed E-state index contributed by atoms with van der Waals surface area (Å²) in [7, 11) is -2.05. The number of sulfonamides is 1. The second-order valence-corrected chi connectivity index (χ2v) is 9.26. The summed E-state index contributed by atoms with van der Waals surface area (Å²) in [6.07, 6.45) is 4.89. The van der Waals surface area contributed by atoms with Crippen molar-refractivity contribution in [3.05, 3.63) is 59.7 Å². The largest absolute Gasteiger partial charge is 0.507 e. The van der Waals surface area contributed by atoms with Crippen LogP contribution in [0, 0.1) is 0 Å². The first kappa shape index (κ1) is 21.8. The summed E-state index contributed by atoms with van der Waals surface area (Å²) in [6.45, 7) is 0. The number of carbonyl (C=O) groups excluding carboxylic acids is 2. The first-order chi connectivity index (χ1) is 14.3. The molecule has 3 N–H and O–H groups in total. The van der Waals surface area contributed by atoms with Gasteiger partial charge in [-0.25, -0.2) is 8.42 Å². The predicted molar refractivity (Wildman–Crippen MR) is 111 cm³/mol. The number of aromatic hydroxyl groups is 1. The van der Waals surface area contributed by atoms with Crippen LogP contribution in [0.15, 0.2) is 53.4 Å².